The fourth-order valence-electron chi connectivity index (χ4n) is 2.38. The number of hydrogen-bond acceptors (Lipinski definition) is 4. The Morgan fingerprint density at radius 1 is 1.38 bits per heavy atom. The van der Waals surface area contributed by atoms with Crippen LogP contribution in [0, 0.1) is 0 Å². The monoisotopic (exact) mass is 324 g/mol. The minimum Gasteiger partial charge on any atom is -0.467 e. The largest absolute Gasteiger partial charge is 0.467 e. The van der Waals surface area contributed by atoms with Crippen LogP contribution in [-0.2, 0) is 29.4 Å². The molecule has 1 aliphatic rings. The van der Waals surface area contributed by atoms with Crippen LogP contribution < -0.4 is 4.74 Å². The summed E-state index contributed by atoms with van der Waals surface area (Å²) in [5.41, 5.74) is 2.15. The first kappa shape index (κ1) is 14.8. The Hall–Kier alpha value is -1.17. The van der Waals surface area contributed by atoms with Crippen molar-refractivity contribution in [3.05, 3.63) is 46.5 Å². The molecule has 21 heavy (non-hydrogen) atoms. The molecule has 2 aromatic rings. The lowest BCUT2D eigenvalue weighted by molar-refractivity contribution is -0.0168. The van der Waals surface area contributed by atoms with E-state index in [0.717, 1.165) is 45.8 Å². The normalized spacial score (nSPS) is 13.8. The predicted octanol–water partition coefficient (Wildman–Crippen LogP) is 3.86. The third-order valence-corrected chi connectivity index (χ3v) is 4.58. The second-order valence-corrected chi connectivity index (χ2v) is 6.21. The summed E-state index contributed by atoms with van der Waals surface area (Å²) in [7, 11) is 0. The van der Waals surface area contributed by atoms with Gasteiger partial charge in [0.2, 0.25) is 0 Å². The highest BCUT2D eigenvalue weighted by Gasteiger charge is 2.16. The van der Waals surface area contributed by atoms with Crippen LogP contribution in [0.2, 0.25) is 5.02 Å². The van der Waals surface area contributed by atoms with E-state index < -0.39 is 0 Å². The maximum absolute atomic E-state index is 6.17. The molecule has 0 unspecified atom stereocenters. The van der Waals surface area contributed by atoms with E-state index in [1.54, 1.807) is 0 Å². The van der Waals surface area contributed by atoms with Crippen molar-refractivity contribution >= 4 is 23.4 Å². The van der Waals surface area contributed by atoms with E-state index in [9.17, 15) is 0 Å². The van der Waals surface area contributed by atoms with Crippen LogP contribution in [-0.4, -0.2) is 16.3 Å². The molecule has 2 heterocycles. The summed E-state index contributed by atoms with van der Waals surface area (Å²) in [6.07, 6.45) is 3.86. The summed E-state index contributed by atoms with van der Waals surface area (Å²) in [4.78, 5) is 4.39. The van der Waals surface area contributed by atoms with Gasteiger partial charge in [0.15, 0.2) is 6.79 Å². The molecule has 0 radical (unpaired) electrons. The summed E-state index contributed by atoms with van der Waals surface area (Å²) in [5.74, 6) is 3.75. The zero-order valence-corrected chi connectivity index (χ0v) is 13.4. The van der Waals surface area contributed by atoms with Gasteiger partial charge in [-0.25, -0.2) is 4.98 Å². The maximum Gasteiger partial charge on any atom is 0.189 e. The molecule has 6 heteroatoms. The van der Waals surface area contributed by atoms with Crippen LogP contribution in [0.4, 0.5) is 0 Å². The second kappa shape index (κ2) is 6.73. The summed E-state index contributed by atoms with van der Waals surface area (Å²) >= 11 is 7.98. The van der Waals surface area contributed by atoms with Crippen LogP contribution in [0.3, 0.4) is 0 Å². The number of hydrogen-bond donors (Lipinski definition) is 0. The number of aromatic nitrogens is 2. The lowest BCUT2D eigenvalue weighted by atomic mass is 10.1. The van der Waals surface area contributed by atoms with Gasteiger partial charge in [0.05, 0.1) is 12.4 Å². The number of ether oxygens (including phenoxy) is 2. The number of imidazole rings is 1. The number of thioether (sulfide) groups is 1. The molecule has 1 aliphatic heterocycles. The van der Waals surface area contributed by atoms with Gasteiger partial charge in [-0.15, -0.1) is 11.8 Å². The van der Waals surface area contributed by atoms with Gasteiger partial charge >= 0.3 is 0 Å². The van der Waals surface area contributed by atoms with Gasteiger partial charge in [-0.05, 0) is 19.1 Å². The minimum atomic E-state index is 0.312. The molecule has 0 spiro atoms. The highest BCUT2D eigenvalue weighted by molar-refractivity contribution is 7.97. The van der Waals surface area contributed by atoms with Crippen molar-refractivity contribution in [1.29, 1.82) is 0 Å². The fraction of sp³-hybridized carbons (Fsp3) is 0.400. The molecular weight excluding hydrogens is 308 g/mol. The van der Waals surface area contributed by atoms with Crippen LogP contribution in [0.5, 0.6) is 5.75 Å². The summed E-state index contributed by atoms with van der Waals surface area (Å²) in [5, 5.41) is 0.730. The quantitative estimate of drug-likeness (QED) is 0.837. The van der Waals surface area contributed by atoms with Crippen molar-refractivity contribution in [2.75, 3.05) is 6.79 Å². The van der Waals surface area contributed by atoms with E-state index in [2.05, 4.69) is 16.5 Å². The zero-order valence-electron chi connectivity index (χ0n) is 11.8. The van der Waals surface area contributed by atoms with Gasteiger partial charge in [0.25, 0.3) is 0 Å². The number of nitrogens with zero attached hydrogens (tertiary/aromatic N) is 2. The van der Waals surface area contributed by atoms with Crippen molar-refractivity contribution in [3.63, 3.8) is 0 Å². The third-order valence-electron chi connectivity index (χ3n) is 3.38. The SMILES string of the molecule is CCn1ccnc1CSCc1cc(Cl)cc2c1OCOC2. The number of benzene rings is 1. The molecule has 112 valence electrons. The molecule has 1 aromatic carbocycles. The van der Waals surface area contributed by atoms with Gasteiger partial charge in [-0.1, -0.05) is 11.6 Å². The molecule has 0 atom stereocenters. The fourth-order valence-corrected chi connectivity index (χ4v) is 3.61. The molecule has 4 nitrogen and oxygen atoms in total. The average Bonchev–Trinajstić information content (AvgIpc) is 2.94. The van der Waals surface area contributed by atoms with E-state index in [1.165, 1.54) is 0 Å². The molecule has 0 bridgehead atoms. The van der Waals surface area contributed by atoms with Gasteiger partial charge < -0.3 is 14.0 Å². The summed E-state index contributed by atoms with van der Waals surface area (Å²) in [6.45, 7) is 3.94. The second-order valence-electron chi connectivity index (χ2n) is 4.79. The standard InChI is InChI=1S/C15H17ClN2O2S/c1-2-18-4-3-17-14(18)9-21-8-12-6-13(16)5-11-7-19-10-20-15(11)12/h3-6H,2,7-10H2,1H3. The topological polar surface area (TPSA) is 36.3 Å². The van der Waals surface area contributed by atoms with Crippen LogP contribution >= 0.6 is 23.4 Å². The Balaban J connectivity index is 1.69. The molecule has 0 saturated heterocycles. The van der Waals surface area contributed by atoms with E-state index in [4.69, 9.17) is 21.1 Å². The molecular formula is C15H17ClN2O2S. The highest BCUT2D eigenvalue weighted by atomic mass is 35.5. The number of aryl methyl sites for hydroxylation is 1. The first-order valence-corrected chi connectivity index (χ1v) is 8.40. The Morgan fingerprint density at radius 3 is 3.14 bits per heavy atom. The van der Waals surface area contributed by atoms with Crippen molar-refractivity contribution in [2.45, 2.75) is 31.6 Å². The molecule has 0 fully saturated rings. The van der Waals surface area contributed by atoms with Crippen molar-refractivity contribution in [2.24, 2.45) is 0 Å². The Morgan fingerprint density at radius 2 is 2.29 bits per heavy atom. The maximum atomic E-state index is 6.17. The van der Waals surface area contributed by atoms with E-state index in [-0.39, 0.29) is 0 Å². The first-order valence-electron chi connectivity index (χ1n) is 6.87. The Kier molecular flexibility index (Phi) is 4.73. The van der Waals surface area contributed by atoms with Crippen LogP contribution in [0.25, 0.3) is 0 Å². The van der Waals surface area contributed by atoms with Crippen molar-refractivity contribution in [3.8, 4) is 5.75 Å². The van der Waals surface area contributed by atoms with Crippen LogP contribution in [0.1, 0.15) is 23.9 Å². The summed E-state index contributed by atoms with van der Waals surface area (Å²) < 4.78 is 13.1. The smallest absolute Gasteiger partial charge is 0.189 e. The van der Waals surface area contributed by atoms with Gasteiger partial charge in [0.1, 0.15) is 11.6 Å². The molecule has 3 rings (SSSR count). The zero-order chi connectivity index (χ0) is 14.7. The van der Waals surface area contributed by atoms with Crippen molar-refractivity contribution in [1.82, 2.24) is 9.55 Å². The first-order chi connectivity index (χ1) is 10.3. The van der Waals surface area contributed by atoms with Crippen molar-refractivity contribution < 1.29 is 9.47 Å². The lowest BCUT2D eigenvalue weighted by Gasteiger charge is -2.21. The number of rotatable bonds is 5. The lowest BCUT2D eigenvalue weighted by Crippen LogP contribution is -2.13. The molecule has 0 N–H and O–H groups in total. The highest BCUT2D eigenvalue weighted by Crippen LogP contribution is 2.34. The Bertz CT molecular complexity index is 630. The molecule has 0 saturated carbocycles. The molecule has 0 aliphatic carbocycles. The summed E-state index contributed by atoms with van der Waals surface area (Å²) in [6, 6.07) is 3.89. The third kappa shape index (κ3) is 3.36. The van der Waals surface area contributed by atoms with Gasteiger partial charge in [-0.3, -0.25) is 0 Å². The molecule has 1 aromatic heterocycles. The molecule has 0 amide bonds. The van der Waals surface area contributed by atoms with Gasteiger partial charge in [0, 0.05) is 40.8 Å². The number of halogens is 1. The van der Waals surface area contributed by atoms with E-state index in [1.807, 2.05) is 36.3 Å². The van der Waals surface area contributed by atoms with E-state index in [0.29, 0.717) is 13.4 Å². The van der Waals surface area contributed by atoms with Gasteiger partial charge in [-0.2, -0.15) is 0 Å². The number of fused-ring (bicyclic) bond motifs is 1. The minimum absolute atomic E-state index is 0.312. The average molecular weight is 325 g/mol. The van der Waals surface area contributed by atoms with E-state index >= 15 is 0 Å². The Labute approximate surface area is 133 Å². The predicted molar refractivity (Wildman–Crippen MR) is 84.6 cm³/mol. The van der Waals surface area contributed by atoms with Crippen LogP contribution in [0.15, 0.2) is 24.5 Å².